The van der Waals surface area contributed by atoms with Gasteiger partial charge >= 0.3 is 5.63 Å². The summed E-state index contributed by atoms with van der Waals surface area (Å²) < 4.78 is 5.21. The first-order valence-electron chi connectivity index (χ1n) is 7.52. The van der Waals surface area contributed by atoms with Gasteiger partial charge in [0.25, 0.3) is 0 Å². The third-order valence-corrected chi connectivity index (χ3v) is 4.43. The minimum Gasteiger partial charge on any atom is -0.506 e. The summed E-state index contributed by atoms with van der Waals surface area (Å²) in [6.07, 6.45) is 1.29. The van der Waals surface area contributed by atoms with Gasteiger partial charge in [0.15, 0.2) is 0 Å². The maximum Gasteiger partial charge on any atom is 0.348 e. The summed E-state index contributed by atoms with van der Waals surface area (Å²) >= 11 is 1.36. The Balaban J connectivity index is 0.00000196. The highest BCUT2D eigenvalue weighted by Gasteiger charge is 2.12. The second-order valence-electron chi connectivity index (χ2n) is 5.29. The van der Waals surface area contributed by atoms with Gasteiger partial charge in [-0.25, -0.2) is 14.8 Å². The molecule has 2 heterocycles. The van der Waals surface area contributed by atoms with Gasteiger partial charge in [0.05, 0.1) is 11.1 Å². The Kier molecular flexibility index (Phi) is 5.16. The number of fused-ring (bicyclic) bond motifs is 1. The van der Waals surface area contributed by atoms with Crippen LogP contribution in [-0.4, -0.2) is 16.3 Å². The molecule has 130 valence electrons. The summed E-state index contributed by atoms with van der Waals surface area (Å²) in [6, 6.07) is 16.6. The predicted molar refractivity (Wildman–Crippen MR) is 106 cm³/mol. The van der Waals surface area contributed by atoms with Crippen LogP contribution in [0.15, 0.2) is 74.2 Å². The maximum atomic E-state index is 12.1. The summed E-state index contributed by atoms with van der Waals surface area (Å²) in [5.74, 6) is -0.143. The zero-order chi connectivity index (χ0) is 17.2. The molecule has 7 heteroatoms. The van der Waals surface area contributed by atoms with E-state index in [0.717, 1.165) is 11.3 Å². The molecule has 0 atom stereocenters. The molecular weight excluding hydrogens is 372 g/mol. The summed E-state index contributed by atoms with van der Waals surface area (Å²) in [4.78, 5) is 20.7. The number of hydrogen-bond acceptors (Lipinski definition) is 6. The molecular formula is C19H13ClN2O3S. The van der Waals surface area contributed by atoms with Crippen molar-refractivity contribution < 1.29 is 9.52 Å². The molecule has 0 saturated carbocycles. The van der Waals surface area contributed by atoms with Crippen LogP contribution in [0.3, 0.4) is 0 Å². The van der Waals surface area contributed by atoms with Crippen LogP contribution in [0.1, 0.15) is 5.56 Å². The second kappa shape index (κ2) is 7.51. The third-order valence-electron chi connectivity index (χ3n) is 3.69. The molecule has 0 fully saturated rings. The van der Waals surface area contributed by atoms with Crippen LogP contribution in [0.4, 0.5) is 5.13 Å². The van der Waals surface area contributed by atoms with Gasteiger partial charge in [0, 0.05) is 17.2 Å². The average molecular weight is 385 g/mol. The molecule has 26 heavy (non-hydrogen) atoms. The van der Waals surface area contributed by atoms with E-state index in [4.69, 9.17) is 4.42 Å². The predicted octanol–water partition coefficient (Wildman–Crippen LogP) is 4.79. The van der Waals surface area contributed by atoms with Crippen molar-refractivity contribution in [1.29, 1.82) is 0 Å². The Hall–Kier alpha value is -2.96. The molecule has 0 unspecified atom stereocenters. The highest BCUT2D eigenvalue weighted by Crippen LogP contribution is 2.28. The standard InChI is InChI=1S/C19H12N2O3S.ClH/c22-17-13-8-4-5-9-16(13)24-18(23)14(17)10-20-19-21-15(11-25-19)12-6-2-1-3-7-12;/h1-11,22H;1H/b20-10+;. The van der Waals surface area contributed by atoms with E-state index >= 15 is 0 Å². The lowest BCUT2D eigenvalue weighted by Gasteiger charge is -2.01. The number of hydrogen-bond donors (Lipinski definition) is 1. The van der Waals surface area contributed by atoms with Crippen molar-refractivity contribution in [2.75, 3.05) is 0 Å². The molecule has 0 radical (unpaired) electrons. The van der Waals surface area contributed by atoms with E-state index in [1.54, 1.807) is 24.3 Å². The van der Waals surface area contributed by atoms with Crippen molar-refractivity contribution >= 4 is 46.1 Å². The van der Waals surface area contributed by atoms with Gasteiger partial charge < -0.3 is 9.52 Å². The Morgan fingerprint density at radius 3 is 2.62 bits per heavy atom. The largest absolute Gasteiger partial charge is 0.506 e. The molecule has 0 spiro atoms. The zero-order valence-corrected chi connectivity index (χ0v) is 15.0. The molecule has 4 rings (SSSR count). The minimum atomic E-state index is -0.639. The van der Waals surface area contributed by atoms with E-state index in [0.29, 0.717) is 16.1 Å². The number of para-hydroxylation sites is 1. The van der Waals surface area contributed by atoms with E-state index in [-0.39, 0.29) is 23.7 Å². The molecule has 0 saturated heterocycles. The zero-order valence-electron chi connectivity index (χ0n) is 13.3. The molecule has 0 aliphatic heterocycles. The summed E-state index contributed by atoms with van der Waals surface area (Å²) in [5, 5.41) is 13.2. The number of halogens is 1. The van der Waals surface area contributed by atoms with Crippen LogP contribution in [-0.2, 0) is 0 Å². The number of aliphatic imine (C=N–C) groups is 1. The lowest BCUT2D eigenvalue weighted by Crippen LogP contribution is -2.06. The lowest BCUT2D eigenvalue weighted by atomic mass is 10.1. The van der Waals surface area contributed by atoms with E-state index in [1.807, 2.05) is 35.7 Å². The molecule has 4 aromatic rings. The SMILES string of the molecule is Cl.O=c1oc2ccccc2c(O)c1/C=N/c1nc(-c2ccccc2)cs1. The van der Waals surface area contributed by atoms with Gasteiger partial charge in [-0.1, -0.05) is 42.5 Å². The first-order valence-corrected chi connectivity index (χ1v) is 8.40. The van der Waals surface area contributed by atoms with Crippen LogP contribution in [0, 0.1) is 0 Å². The molecule has 1 N–H and O–H groups in total. The first kappa shape index (κ1) is 17.8. The van der Waals surface area contributed by atoms with Crippen LogP contribution in [0.2, 0.25) is 0 Å². The van der Waals surface area contributed by atoms with Crippen molar-refractivity contribution in [2.24, 2.45) is 4.99 Å². The number of nitrogens with zero attached hydrogens (tertiary/aromatic N) is 2. The molecule has 2 aromatic heterocycles. The van der Waals surface area contributed by atoms with E-state index < -0.39 is 5.63 Å². The fourth-order valence-corrected chi connectivity index (χ4v) is 3.12. The topological polar surface area (TPSA) is 75.7 Å². The Bertz CT molecular complexity index is 1140. The Morgan fingerprint density at radius 1 is 1.08 bits per heavy atom. The van der Waals surface area contributed by atoms with Crippen LogP contribution >= 0.6 is 23.7 Å². The van der Waals surface area contributed by atoms with Gasteiger partial charge in [0.2, 0.25) is 5.13 Å². The quantitative estimate of drug-likeness (QED) is 0.407. The number of thiazole rings is 1. The second-order valence-corrected chi connectivity index (χ2v) is 6.12. The van der Waals surface area contributed by atoms with Gasteiger partial charge in [-0.3, -0.25) is 0 Å². The summed E-state index contributed by atoms with van der Waals surface area (Å²) in [5.41, 5.74) is 1.51. The van der Waals surface area contributed by atoms with Crippen LogP contribution in [0.5, 0.6) is 5.75 Å². The Morgan fingerprint density at radius 2 is 1.81 bits per heavy atom. The van der Waals surface area contributed by atoms with Gasteiger partial charge in [-0.2, -0.15) is 0 Å². The first-order chi connectivity index (χ1) is 12.2. The fourth-order valence-electron chi connectivity index (χ4n) is 2.45. The van der Waals surface area contributed by atoms with Gasteiger partial charge in [-0.05, 0) is 12.1 Å². The van der Waals surface area contributed by atoms with Crippen molar-refractivity contribution in [1.82, 2.24) is 4.98 Å². The van der Waals surface area contributed by atoms with Crippen molar-refractivity contribution in [3.63, 3.8) is 0 Å². The van der Waals surface area contributed by atoms with E-state index in [2.05, 4.69) is 9.98 Å². The normalized spacial score (nSPS) is 10.9. The number of rotatable bonds is 3. The third kappa shape index (κ3) is 3.37. The molecule has 0 aliphatic rings. The minimum absolute atomic E-state index is 0. The van der Waals surface area contributed by atoms with E-state index in [9.17, 15) is 9.90 Å². The van der Waals surface area contributed by atoms with Crippen LogP contribution in [0.25, 0.3) is 22.2 Å². The fraction of sp³-hybridized carbons (Fsp3) is 0. The molecule has 5 nitrogen and oxygen atoms in total. The smallest absolute Gasteiger partial charge is 0.348 e. The number of aromatic hydroxyl groups is 1. The van der Waals surface area contributed by atoms with Gasteiger partial charge in [0.1, 0.15) is 16.9 Å². The number of benzene rings is 2. The summed E-state index contributed by atoms with van der Waals surface area (Å²) in [6.45, 7) is 0. The monoisotopic (exact) mass is 384 g/mol. The lowest BCUT2D eigenvalue weighted by molar-refractivity contribution is 0.466. The molecule has 2 aromatic carbocycles. The highest BCUT2D eigenvalue weighted by molar-refractivity contribution is 7.13. The van der Waals surface area contributed by atoms with Crippen molar-refractivity contribution in [3.05, 3.63) is 76.0 Å². The molecule has 0 aliphatic carbocycles. The van der Waals surface area contributed by atoms with Crippen molar-refractivity contribution in [3.8, 4) is 17.0 Å². The van der Waals surface area contributed by atoms with Crippen LogP contribution < -0.4 is 5.63 Å². The molecule has 0 amide bonds. The molecule has 0 bridgehead atoms. The van der Waals surface area contributed by atoms with E-state index in [1.165, 1.54) is 17.6 Å². The number of aromatic nitrogens is 1. The highest BCUT2D eigenvalue weighted by atomic mass is 35.5. The van der Waals surface area contributed by atoms with Gasteiger partial charge in [-0.15, -0.1) is 23.7 Å². The Labute approximate surface area is 158 Å². The maximum absolute atomic E-state index is 12.1. The summed E-state index contributed by atoms with van der Waals surface area (Å²) in [7, 11) is 0. The average Bonchev–Trinajstić information content (AvgIpc) is 3.11. The van der Waals surface area contributed by atoms with Crippen molar-refractivity contribution in [2.45, 2.75) is 0 Å².